The first-order valence-corrected chi connectivity index (χ1v) is 5.15. The van der Waals surface area contributed by atoms with Gasteiger partial charge in [0.05, 0.1) is 4.92 Å². The summed E-state index contributed by atoms with van der Waals surface area (Å²) in [5, 5.41) is 13.9. The molecule has 0 aliphatic carbocycles. The van der Waals surface area contributed by atoms with Gasteiger partial charge in [0, 0.05) is 22.1 Å². The molecule has 74 valence electrons. The molecule has 1 N–H and O–H groups in total. The Morgan fingerprint density at radius 2 is 2.29 bits per heavy atom. The van der Waals surface area contributed by atoms with E-state index in [0.717, 1.165) is 23.0 Å². The average molecular weight is 257 g/mol. The maximum Gasteiger partial charge on any atom is 0.275 e. The Balaban J connectivity index is 2.41. The van der Waals surface area contributed by atoms with Crippen molar-refractivity contribution in [3.05, 3.63) is 38.3 Å². The van der Waals surface area contributed by atoms with Gasteiger partial charge >= 0.3 is 0 Å². The van der Waals surface area contributed by atoms with Crippen molar-refractivity contribution in [1.29, 1.82) is 0 Å². The number of nitrogens with zero attached hydrogens (tertiary/aromatic N) is 1. The highest BCUT2D eigenvalue weighted by Crippen LogP contribution is 2.32. The van der Waals surface area contributed by atoms with E-state index in [2.05, 4.69) is 21.2 Å². The lowest BCUT2D eigenvalue weighted by Crippen LogP contribution is -2.35. The van der Waals surface area contributed by atoms with Gasteiger partial charge in [0.15, 0.2) is 0 Å². The Hall–Kier alpha value is -0.940. The number of rotatable bonds is 2. The fourth-order valence-electron chi connectivity index (χ4n) is 1.52. The highest BCUT2D eigenvalue weighted by atomic mass is 79.9. The van der Waals surface area contributed by atoms with E-state index in [9.17, 15) is 10.1 Å². The third-order valence-corrected chi connectivity index (χ3v) is 2.88. The zero-order valence-corrected chi connectivity index (χ0v) is 8.95. The minimum Gasteiger partial charge on any atom is -0.310 e. The van der Waals surface area contributed by atoms with Crippen molar-refractivity contribution in [2.24, 2.45) is 0 Å². The number of halogens is 1. The lowest BCUT2D eigenvalue weighted by Gasteiger charge is -2.27. The summed E-state index contributed by atoms with van der Waals surface area (Å²) in [5.41, 5.74) is 0.973. The molecule has 1 aliphatic rings. The van der Waals surface area contributed by atoms with Gasteiger partial charge in [-0.3, -0.25) is 10.1 Å². The van der Waals surface area contributed by atoms with Crippen molar-refractivity contribution in [3.63, 3.8) is 0 Å². The summed E-state index contributed by atoms with van der Waals surface area (Å²) < 4.78 is 0.743. The standard InChI is InChI=1S/C9H9BrN2O2/c10-6-1-2-7(8-3-4-11-8)9(5-6)12(13)14/h1-2,5,8,11H,3-4H2/t8-/m1/s1. The number of benzene rings is 1. The molecular weight excluding hydrogens is 248 g/mol. The fraction of sp³-hybridized carbons (Fsp3) is 0.333. The Morgan fingerprint density at radius 1 is 1.57 bits per heavy atom. The largest absolute Gasteiger partial charge is 0.310 e. The van der Waals surface area contributed by atoms with Crippen LogP contribution in [0.2, 0.25) is 0 Å². The zero-order valence-electron chi connectivity index (χ0n) is 7.37. The monoisotopic (exact) mass is 256 g/mol. The van der Waals surface area contributed by atoms with Crippen molar-refractivity contribution in [2.75, 3.05) is 6.54 Å². The number of nitro groups is 1. The molecule has 0 spiro atoms. The second-order valence-electron chi connectivity index (χ2n) is 3.26. The molecule has 4 nitrogen and oxygen atoms in total. The second-order valence-corrected chi connectivity index (χ2v) is 4.17. The Labute approximate surface area is 89.6 Å². The number of hydrogen-bond acceptors (Lipinski definition) is 3. The highest BCUT2D eigenvalue weighted by Gasteiger charge is 2.26. The number of nitrogens with one attached hydrogen (secondary N) is 1. The van der Waals surface area contributed by atoms with E-state index in [1.54, 1.807) is 12.1 Å². The lowest BCUT2D eigenvalue weighted by atomic mass is 9.96. The zero-order chi connectivity index (χ0) is 10.1. The molecular formula is C9H9BrN2O2. The van der Waals surface area contributed by atoms with E-state index >= 15 is 0 Å². The topological polar surface area (TPSA) is 55.2 Å². The molecule has 14 heavy (non-hydrogen) atoms. The Bertz CT molecular complexity index is 377. The van der Waals surface area contributed by atoms with Crippen LogP contribution in [0.3, 0.4) is 0 Å². The molecule has 0 saturated carbocycles. The van der Waals surface area contributed by atoms with Crippen molar-refractivity contribution >= 4 is 21.6 Å². The lowest BCUT2D eigenvalue weighted by molar-refractivity contribution is -0.386. The van der Waals surface area contributed by atoms with Gasteiger partial charge in [-0.1, -0.05) is 15.9 Å². The molecule has 1 heterocycles. The van der Waals surface area contributed by atoms with Gasteiger partial charge in [0.1, 0.15) is 0 Å². The molecule has 0 unspecified atom stereocenters. The molecule has 1 atom stereocenters. The smallest absolute Gasteiger partial charge is 0.275 e. The van der Waals surface area contributed by atoms with E-state index in [-0.39, 0.29) is 16.7 Å². The maximum atomic E-state index is 10.8. The van der Waals surface area contributed by atoms with Crippen LogP contribution < -0.4 is 5.32 Å². The maximum absolute atomic E-state index is 10.8. The van der Waals surface area contributed by atoms with Crippen LogP contribution in [0, 0.1) is 10.1 Å². The average Bonchev–Trinajstić information content (AvgIpc) is 2.04. The molecule has 1 aromatic carbocycles. The van der Waals surface area contributed by atoms with Crippen molar-refractivity contribution in [2.45, 2.75) is 12.5 Å². The van der Waals surface area contributed by atoms with E-state index in [4.69, 9.17) is 0 Å². The summed E-state index contributed by atoms with van der Waals surface area (Å²) >= 11 is 3.23. The third-order valence-electron chi connectivity index (χ3n) is 2.39. The fourth-order valence-corrected chi connectivity index (χ4v) is 1.87. The summed E-state index contributed by atoms with van der Waals surface area (Å²) in [6, 6.07) is 5.35. The Morgan fingerprint density at radius 3 is 2.79 bits per heavy atom. The van der Waals surface area contributed by atoms with E-state index < -0.39 is 0 Å². The van der Waals surface area contributed by atoms with Crippen molar-refractivity contribution < 1.29 is 4.92 Å². The van der Waals surface area contributed by atoms with Crippen molar-refractivity contribution in [1.82, 2.24) is 5.32 Å². The highest BCUT2D eigenvalue weighted by molar-refractivity contribution is 9.10. The molecule has 1 aliphatic heterocycles. The van der Waals surface area contributed by atoms with Crippen LogP contribution in [-0.4, -0.2) is 11.5 Å². The molecule has 1 saturated heterocycles. The molecule has 0 aromatic heterocycles. The third kappa shape index (κ3) is 1.65. The van der Waals surface area contributed by atoms with Gasteiger partial charge in [-0.2, -0.15) is 0 Å². The van der Waals surface area contributed by atoms with Gasteiger partial charge in [-0.15, -0.1) is 0 Å². The molecule has 1 aromatic rings. The second kappa shape index (κ2) is 3.67. The molecule has 0 radical (unpaired) electrons. The van der Waals surface area contributed by atoms with Gasteiger partial charge in [0.25, 0.3) is 5.69 Å². The van der Waals surface area contributed by atoms with Crippen LogP contribution in [0.4, 0.5) is 5.69 Å². The number of hydrogen-bond donors (Lipinski definition) is 1. The quantitative estimate of drug-likeness (QED) is 0.653. The minimum atomic E-state index is -0.333. The van der Waals surface area contributed by atoms with Crippen LogP contribution in [0.5, 0.6) is 0 Å². The van der Waals surface area contributed by atoms with Gasteiger partial charge < -0.3 is 5.32 Å². The van der Waals surface area contributed by atoms with E-state index in [0.29, 0.717) is 0 Å². The van der Waals surface area contributed by atoms with Crippen molar-refractivity contribution in [3.8, 4) is 0 Å². The summed E-state index contributed by atoms with van der Waals surface area (Å²) in [5.74, 6) is 0. The summed E-state index contributed by atoms with van der Waals surface area (Å²) in [4.78, 5) is 10.4. The molecule has 0 amide bonds. The first kappa shape index (κ1) is 9.61. The predicted molar refractivity (Wildman–Crippen MR) is 56.2 cm³/mol. The molecule has 2 rings (SSSR count). The number of nitro benzene ring substituents is 1. The summed E-state index contributed by atoms with van der Waals surface area (Å²) in [6.07, 6.45) is 0.975. The van der Waals surface area contributed by atoms with Gasteiger partial charge in [0.2, 0.25) is 0 Å². The van der Waals surface area contributed by atoms with Crippen LogP contribution in [0.25, 0.3) is 0 Å². The predicted octanol–water partition coefficient (Wildman–Crippen LogP) is 2.39. The van der Waals surface area contributed by atoms with Crippen LogP contribution in [-0.2, 0) is 0 Å². The minimum absolute atomic E-state index is 0.156. The van der Waals surface area contributed by atoms with Crippen LogP contribution in [0.15, 0.2) is 22.7 Å². The molecule has 0 bridgehead atoms. The van der Waals surface area contributed by atoms with Crippen LogP contribution >= 0.6 is 15.9 Å². The first-order chi connectivity index (χ1) is 6.68. The van der Waals surface area contributed by atoms with Gasteiger partial charge in [-0.25, -0.2) is 0 Å². The molecule has 5 heteroatoms. The van der Waals surface area contributed by atoms with E-state index in [1.807, 2.05) is 6.07 Å². The normalized spacial score (nSPS) is 20.2. The van der Waals surface area contributed by atoms with Gasteiger partial charge in [-0.05, 0) is 25.1 Å². The van der Waals surface area contributed by atoms with Crippen LogP contribution in [0.1, 0.15) is 18.0 Å². The van der Waals surface area contributed by atoms with E-state index in [1.165, 1.54) is 0 Å². The SMILES string of the molecule is O=[N+]([O-])c1cc(Br)ccc1[C@H]1CCN1. The summed E-state index contributed by atoms with van der Waals surface area (Å²) in [7, 11) is 0. The summed E-state index contributed by atoms with van der Waals surface area (Å²) in [6.45, 7) is 0.942. The first-order valence-electron chi connectivity index (χ1n) is 4.35. The Kier molecular flexibility index (Phi) is 2.52. The molecule has 1 fully saturated rings.